The maximum atomic E-state index is 12.7. The lowest BCUT2D eigenvalue weighted by molar-refractivity contribution is -0.137. The van der Waals surface area contributed by atoms with Crippen molar-refractivity contribution in [2.45, 2.75) is 18.7 Å². The van der Waals surface area contributed by atoms with Crippen molar-refractivity contribution < 1.29 is 18.3 Å². The van der Waals surface area contributed by atoms with Crippen molar-refractivity contribution in [2.75, 3.05) is 0 Å². The third-order valence-corrected chi connectivity index (χ3v) is 3.58. The maximum absolute atomic E-state index is 12.7. The molecule has 0 spiro atoms. The van der Waals surface area contributed by atoms with Gasteiger partial charge in [0, 0.05) is 24.1 Å². The van der Waals surface area contributed by atoms with Crippen LogP contribution in [0.2, 0.25) is 0 Å². The Bertz CT molecular complexity index is 610. The predicted octanol–water partition coefficient (Wildman–Crippen LogP) is 3.48. The molecular formula is C13H12BrF3N2O. The standard InChI is InChI=1S/C13H12BrF3N2O/c1-19-5-4-9(18-19)7-12(20)10-6-8(13(15,16)17)2-3-11(10)14/h2-6,12,20H,7H2,1H3. The molecular weight excluding hydrogens is 337 g/mol. The van der Waals surface area contributed by atoms with Crippen molar-refractivity contribution in [1.29, 1.82) is 0 Å². The van der Waals surface area contributed by atoms with E-state index in [9.17, 15) is 18.3 Å². The van der Waals surface area contributed by atoms with Crippen LogP contribution >= 0.6 is 15.9 Å². The number of aryl methyl sites for hydroxylation is 1. The molecule has 2 rings (SSSR count). The van der Waals surface area contributed by atoms with Crippen LogP contribution in [0.4, 0.5) is 13.2 Å². The zero-order valence-corrected chi connectivity index (χ0v) is 12.1. The highest BCUT2D eigenvalue weighted by molar-refractivity contribution is 9.10. The molecule has 2 aromatic rings. The van der Waals surface area contributed by atoms with E-state index in [-0.39, 0.29) is 12.0 Å². The zero-order chi connectivity index (χ0) is 14.9. The zero-order valence-electron chi connectivity index (χ0n) is 10.5. The van der Waals surface area contributed by atoms with Crippen LogP contribution in [0.5, 0.6) is 0 Å². The van der Waals surface area contributed by atoms with Gasteiger partial charge >= 0.3 is 6.18 Å². The highest BCUT2D eigenvalue weighted by Crippen LogP contribution is 2.34. The summed E-state index contributed by atoms with van der Waals surface area (Å²) in [5, 5.41) is 14.2. The lowest BCUT2D eigenvalue weighted by Crippen LogP contribution is -2.09. The summed E-state index contributed by atoms with van der Waals surface area (Å²) in [5.41, 5.74) is 0.0329. The molecule has 1 heterocycles. The number of rotatable bonds is 3. The molecule has 7 heteroatoms. The van der Waals surface area contributed by atoms with E-state index >= 15 is 0 Å². The minimum absolute atomic E-state index is 0.154. The van der Waals surface area contributed by atoms with Crippen LogP contribution < -0.4 is 0 Å². The number of hydrogen-bond acceptors (Lipinski definition) is 2. The molecule has 0 saturated carbocycles. The summed E-state index contributed by atoms with van der Waals surface area (Å²) in [7, 11) is 1.73. The third kappa shape index (κ3) is 3.40. The maximum Gasteiger partial charge on any atom is 0.416 e. The highest BCUT2D eigenvalue weighted by atomic mass is 79.9. The van der Waals surface area contributed by atoms with Crippen molar-refractivity contribution in [3.63, 3.8) is 0 Å². The van der Waals surface area contributed by atoms with Crippen molar-refractivity contribution in [2.24, 2.45) is 7.05 Å². The first-order valence-corrected chi connectivity index (χ1v) is 6.60. The molecule has 0 fully saturated rings. The number of nitrogens with zero attached hydrogens (tertiary/aromatic N) is 2. The average Bonchev–Trinajstić information content (AvgIpc) is 2.73. The summed E-state index contributed by atoms with van der Waals surface area (Å²) >= 11 is 3.16. The third-order valence-electron chi connectivity index (χ3n) is 2.85. The Morgan fingerprint density at radius 3 is 2.60 bits per heavy atom. The molecule has 1 aromatic carbocycles. The summed E-state index contributed by atoms with van der Waals surface area (Å²) < 4.78 is 40.1. The number of aliphatic hydroxyl groups is 1. The second-order valence-electron chi connectivity index (χ2n) is 4.43. The normalized spacial score (nSPS) is 13.5. The van der Waals surface area contributed by atoms with Crippen LogP contribution in [0.1, 0.15) is 22.9 Å². The van der Waals surface area contributed by atoms with Gasteiger partial charge in [-0.2, -0.15) is 18.3 Å². The minimum atomic E-state index is -4.43. The minimum Gasteiger partial charge on any atom is -0.388 e. The molecule has 0 saturated heterocycles. The first-order chi connectivity index (χ1) is 9.27. The molecule has 1 N–H and O–H groups in total. The summed E-state index contributed by atoms with van der Waals surface area (Å²) in [4.78, 5) is 0. The fourth-order valence-corrected chi connectivity index (χ4v) is 2.37. The number of aliphatic hydroxyl groups excluding tert-OH is 1. The first kappa shape index (κ1) is 15.1. The van der Waals surface area contributed by atoms with E-state index in [4.69, 9.17) is 0 Å². The molecule has 1 aromatic heterocycles. The van der Waals surface area contributed by atoms with Crippen LogP contribution in [0.25, 0.3) is 0 Å². The Hall–Kier alpha value is -1.34. The predicted molar refractivity (Wildman–Crippen MR) is 71.0 cm³/mol. The average molecular weight is 349 g/mol. The van der Waals surface area contributed by atoms with Crippen molar-refractivity contribution >= 4 is 15.9 Å². The molecule has 108 valence electrons. The van der Waals surface area contributed by atoms with E-state index in [2.05, 4.69) is 21.0 Å². The summed E-state index contributed by atoms with van der Waals surface area (Å²) in [6, 6.07) is 4.93. The molecule has 3 nitrogen and oxygen atoms in total. The Labute approximate surface area is 122 Å². The molecule has 0 radical (unpaired) electrons. The second kappa shape index (κ2) is 5.57. The second-order valence-corrected chi connectivity index (χ2v) is 5.29. The van der Waals surface area contributed by atoms with Gasteiger partial charge in [0.1, 0.15) is 0 Å². The Morgan fingerprint density at radius 2 is 2.05 bits per heavy atom. The van der Waals surface area contributed by atoms with E-state index in [1.165, 1.54) is 6.07 Å². The van der Waals surface area contributed by atoms with E-state index < -0.39 is 17.8 Å². The van der Waals surface area contributed by atoms with E-state index in [0.29, 0.717) is 10.2 Å². The Kier molecular flexibility index (Phi) is 4.19. The van der Waals surface area contributed by atoms with Crippen LogP contribution in [-0.4, -0.2) is 14.9 Å². The number of benzene rings is 1. The Balaban J connectivity index is 2.27. The van der Waals surface area contributed by atoms with Gasteiger partial charge in [-0.15, -0.1) is 0 Å². The molecule has 20 heavy (non-hydrogen) atoms. The molecule has 1 atom stereocenters. The van der Waals surface area contributed by atoms with Crippen molar-refractivity contribution in [1.82, 2.24) is 9.78 Å². The fourth-order valence-electron chi connectivity index (χ4n) is 1.86. The van der Waals surface area contributed by atoms with Gasteiger partial charge in [-0.05, 0) is 29.8 Å². The number of hydrogen-bond donors (Lipinski definition) is 1. The largest absolute Gasteiger partial charge is 0.416 e. The van der Waals surface area contributed by atoms with E-state index in [0.717, 1.165) is 12.1 Å². The molecule has 0 aliphatic rings. The monoisotopic (exact) mass is 348 g/mol. The molecule has 1 unspecified atom stereocenters. The van der Waals surface area contributed by atoms with Crippen molar-refractivity contribution in [3.8, 4) is 0 Å². The van der Waals surface area contributed by atoms with Gasteiger partial charge < -0.3 is 5.11 Å². The highest BCUT2D eigenvalue weighted by Gasteiger charge is 2.31. The van der Waals surface area contributed by atoms with Gasteiger partial charge in [-0.1, -0.05) is 15.9 Å². The molecule has 0 amide bonds. The smallest absolute Gasteiger partial charge is 0.388 e. The van der Waals surface area contributed by atoms with Gasteiger partial charge in [-0.25, -0.2) is 0 Å². The SMILES string of the molecule is Cn1ccc(CC(O)c2cc(C(F)(F)F)ccc2Br)n1. The first-order valence-electron chi connectivity index (χ1n) is 5.80. The lowest BCUT2D eigenvalue weighted by atomic mass is 10.0. The Morgan fingerprint density at radius 1 is 1.35 bits per heavy atom. The van der Waals surface area contributed by atoms with E-state index in [1.54, 1.807) is 24.0 Å². The van der Waals surface area contributed by atoms with Crippen LogP contribution in [0.15, 0.2) is 34.9 Å². The summed E-state index contributed by atoms with van der Waals surface area (Å²) in [5.74, 6) is 0. The number of aromatic nitrogens is 2. The fraction of sp³-hybridized carbons (Fsp3) is 0.308. The van der Waals surface area contributed by atoms with E-state index in [1.807, 2.05) is 0 Å². The van der Waals surface area contributed by atoms with Gasteiger partial charge in [0.15, 0.2) is 0 Å². The lowest BCUT2D eigenvalue weighted by Gasteiger charge is -2.14. The quantitative estimate of drug-likeness (QED) is 0.922. The van der Waals surface area contributed by atoms with Crippen LogP contribution in [0.3, 0.4) is 0 Å². The molecule has 0 aliphatic carbocycles. The topological polar surface area (TPSA) is 38.0 Å². The summed E-state index contributed by atoms with van der Waals surface area (Å²) in [6.07, 6.45) is -3.62. The number of alkyl halides is 3. The van der Waals surface area contributed by atoms with Crippen LogP contribution in [-0.2, 0) is 19.6 Å². The van der Waals surface area contributed by atoms with Gasteiger partial charge in [-0.3, -0.25) is 4.68 Å². The molecule has 0 bridgehead atoms. The molecule has 0 aliphatic heterocycles. The van der Waals surface area contributed by atoms with Gasteiger partial charge in [0.2, 0.25) is 0 Å². The number of halogens is 4. The van der Waals surface area contributed by atoms with Crippen LogP contribution in [0, 0.1) is 0 Å². The van der Waals surface area contributed by atoms with Crippen molar-refractivity contribution in [3.05, 3.63) is 51.8 Å². The van der Waals surface area contributed by atoms with Gasteiger partial charge in [0.05, 0.1) is 17.4 Å². The summed E-state index contributed by atoms with van der Waals surface area (Å²) in [6.45, 7) is 0. The van der Waals surface area contributed by atoms with Gasteiger partial charge in [0.25, 0.3) is 0 Å².